The molecule has 0 amide bonds. The first-order chi connectivity index (χ1) is 22.7. The average Bonchev–Trinajstić information content (AvgIpc) is 3.07. The van der Waals surface area contributed by atoms with E-state index in [1.165, 1.54) is 24.3 Å². The molecule has 4 atom stereocenters. The maximum Gasteiger partial charge on any atom is 0.123 e. The van der Waals surface area contributed by atoms with Gasteiger partial charge >= 0.3 is 0 Å². The Morgan fingerprint density at radius 1 is 0.553 bits per heavy atom. The van der Waals surface area contributed by atoms with Gasteiger partial charge in [0, 0.05) is 32.2 Å². The molecule has 0 fully saturated rings. The topological polar surface area (TPSA) is 47.9 Å². The minimum atomic E-state index is -0.228. The van der Waals surface area contributed by atoms with Gasteiger partial charge in [-0.15, -0.1) is 0 Å². The number of aliphatic hydroxyl groups is 1. The summed E-state index contributed by atoms with van der Waals surface area (Å²) in [5.41, 5.74) is 2.19. The second-order valence-electron chi connectivity index (χ2n) is 12.8. The van der Waals surface area contributed by atoms with Crippen LogP contribution in [0.1, 0.15) is 51.7 Å². The normalized spacial score (nSPS) is 13.7. The van der Waals surface area contributed by atoms with E-state index in [1.54, 1.807) is 19.2 Å². The molecule has 1 unspecified atom stereocenters. The van der Waals surface area contributed by atoms with Crippen LogP contribution in [0.15, 0.2) is 109 Å². The number of para-hydroxylation sites is 2. The summed E-state index contributed by atoms with van der Waals surface area (Å²) < 4.78 is 44.0. The third kappa shape index (κ3) is 13.5. The van der Waals surface area contributed by atoms with Crippen LogP contribution in [0.25, 0.3) is 0 Å². The van der Waals surface area contributed by atoms with Crippen LogP contribution in [0.4, 0.5) is 8.78 Å². The first-order valence-electron chi connectivity index (χ1n) is 16.7. The van der Waals surface area contributed by atoms with Gasteiger partial charge in [0.15, 0.2) is 0 Å². The fourth-order valence-electron chi connectivity index (χ4n) is 5.91. The van der Waals surface area contributed by atoms with Gasteiger partial charge in [0.05, 0.1) is 0 Å². The van der Waals surface area contributed by atoms with E-state index in [-0.39, 0.29) is 36.4 Å². The van der Waals surface area contributed by atoms with E-state index in [2.05, 4.69) is 27.7 Å². The van der Waals surface area contributed by atoms with Gasteiger partial charge in [0.2, 0.25) is 0 Å². The summed E-state index contributed by atoms with van der Waals surface area (Å²) in [4.78, 5) is 0. The molecule has 4 nitrogen and oxygen atoms in total. The van der Waals surface area contributed by atoms with Crippen molar-refractivity contribution in [1.82, 2.24) is 0 Å². The maximum atomic E-state index is 13.2. The van der Waals surface area contributed by atoms with Crippen LogP contribution >= 0.6 is 0 Å². The van der Waals surface area contributed by atoms with Gasteiger partial charge < -0.3 is 19.3 Å². The molecule has 6 heteroatoms. The minimum absolute atomic E-state index is 0.00500. The van der Waals surface area contributed by atoms with Gasteiger partial charge in [0.1, 0.15) is 35.3 Å². The Kier molecular flexibility index (Phi) is 16.4. The highest BCUT2D eigenvalue weighted by Gasteiger charge is 2.28. The van der Waals surface area contributed by atoms with Crippen LogP contribution in [0.2, 0.25) is 0 Å². The quantitative estimate of drug-likeness (QED) is 0.124. The van der Waals surface area contributed by atoms with Crippen LogP contribution in [0, 0.1) is 35.3 Å². The maximum absolute atomic E-state index is 13.2. The number of hydrogen-bond donors (Lipinski definition) is 1. The van der Waals surface area contributed by atoms with Gasteiger partial charge in [-0.25, -0.2) is 8.78 Å². The van der Waals surface area contributed by atoms with Crippen molar-refractivity contribution in [3.8, 4) is 11.5 Å². The van der Waals surface area contributed by atoms with Gasteiger partial charge in [-0.3, -0.25) is 0 Å². The Balaban J connectivity index is 0.000000256. The zero-order valence-electron chi connectivity index (χ0n) is 28.5. The second kappa shape index (κ2) is 20.5. The molecule has 0 heterocycles. The lowest BCUT2D eigenvalue weighted by atomic mass is 9.85. The fourth-order valence-corrected chi connectivity index (χ4v) is 5.91. The first kappa shape index (κ1) is 37.7. The Morgan fingerprint density at radius 2 is 0.936 bits per heavy atom. The number of halogens is 2. The Hall–Kier alpha value is -3.74. The summed E-state index contributed by atoms with van der Waals surface area (Å²) in [5, 5.41) is 9.44. The lowest BCUT2D eigenvalue weighted by Gasteiger charge is -2.31. The number of rotatable bonds is 17. The predicted molar refractivity (Wildman–Crippen MR) is 187 cm³/mol. The van der Waals surface area contributed by atoms with Crippen molar-refractivity contribution in [1.29, 1.82) is 0 Å². The van der Waals surface area contributed by atoms with Crippen molar-refractivity contribution in [2.45, 2.75) is 65.6 Å². The lowest BCUT2D eigenvalue weighted by Crippen LogP contribution is -2.34. The standard InChI is InChI=1S/C21H27FO2.C20H25FO2/c1-16(2)21(24-20-7-5-4-6-8-20)18(13-14-23-3)15-17-9-11-19(22)12-10-17;1-15(2)20(23-19-6-4-3-5-7-19)17(12-13-22)14-16-8-10-18(21)11-9-16/h4-12,16,18,21H,13-15H2,1-3H3;3-11,15,17,20,22H,12-14H2,1-2H3/t18-,21+;17?,20-/m10/s1. The van der Waals surface area contributed by atoms with E-state index in [0.717, 1.165) is 41.9 Å². The van der Waals surface area contributed by atoms with Crippen molar-refractivity contribution in [3.05, 3.63) is 132 Å². The number of benzene rings is 4. The van der Waals surface area contributed by atoms with E-state index in [9.17, 15) is 13.9 Å². The van der Waals surface area contributed by atoms with Gasteiger partial charge in [-0.05, 0) is 97.2 Å². The summed E-state index contributed by atoms with van der Waals surface area (Å²) in [5.74, 6) is 2.45. The molecule has 47 heavy (non-hydrogen) atoms. The van der Waals surface area contributed by atoms with Crippen molar-refractivity contribution in [2.75, 3.05) is 20.3 Å². The van der Waals surface area contributed by atoms with Gasteiger partial charge in [-0.1, -0.05) is 88.4 Å². The predicted octanol–water partition coefficient (Wildman–Crippen LogP) is 9.59. The van der Waals surface area contributed by atoms with Crippen LogP contribution in [0.5, 0.6) is 11.5 Å². The summed E-state index contributed by atoms with van der Waals surface area (Å²) in [7, 11) is 1.72. The van der Waals surface area contributed by atoms with Crippen LogP contribution in [-0.4, -0.2) is 37.6 Å². The molecule has 0 saturated heterocycles. The average molecular weight is 647 g/mol. The third-order valence-electron chi connectivity index (χ3n) is 8.29. The largest absolute Gasteiger partial charge is 0.490 e. The number of ether oxygens (including phenoxy) is 3. The van der Waals surface area contributed by atoms with Crippen LogP contribution in [-0.2, 0) is 17.6 Å². The number of hydrogen-bond acceptors (Lipinski definition) is 4. The van der Waals surface area contributed by atoms with Crippen molar-refractivity contribution in [3.63, 3.8) is 0 Å². The Labute approximate surface area is 280 Å². The number of aliphatic hydroxyl groups excluding tert-OH is 1. The summed E-state index contributed by atoms with van der Waals surface area (Å²) in [6, 6.07) is 33.0. The van der Waals surface area contributed by atoms with E-state index in [1.807, 2.05) is 72.8 Å². The zero-order chi connectivity index (χ0) is 34.0. The van der Waals surface area contributed by atoms with E-state index in [4.69, 9.17) is 14.2 Å². The Morgan fingerprint density at radius 3 is 1.28 bits per heavy atom. The molecule has 0 radical (unpaired) electrons. The SMILES string of the molecule is CC(C)[C@H](Oc1ccccc1)C(CCO)Cc1ccc(F)cc1.COCC[C@H](Cc1ccc(F)cc1)[C@@H](Oc1ccccc1)C(C)C. The van der Waals surface area contributed by atoms with E-state index in [0.29, 0.717) is 30.8 Å². The summed E-state index contributed by atoms with van der Waals surface area (Å²) >= 11 is 0. The first-order valence-corrected chi connectivity index (χ1v) is 16.7. The molecule has 0 saturated carbocycles. The zero-order valence-corrected chi connectivity index (χ0v) is 28.5. The summed E-state index contributed by atoms with van der Waals surface area (Å²) in [6.07, 6.45) is 3.24. The highest BCUT2D eigenvalue weighted by atomic mass is 19.1. The van der Waals surface area contributed by atoms with Crippen LogP contribution < -0.4 is 9.47 Å². The third-order valence-corrected chi connectivity index (χ3v) is 8.29. The minimum Gasteiger partial charge on any atom is -0.490 e. The molecule has 1 N–H and O–H groups in total. The molecule has 0 aliphatic rings. The molecule has 0 spiro atoms. The molecule has 4 rings (SSSR count). The molecule has 4 aromatic rings. The molecule has 0 aliphatic carbocycles. The van der Waals surface area contributed by atoms with Crippen LogP contribution in [0.3, 0.4) is 0 Å². The molecular weight excluding hydrogens is 594 g/mol. The van der Waals surface area contributed by atoms with Crippen molar-refractivity contribution >= 4 is 0 Å². The lowest BCUT2D eigenvalue weighted by molar-refractivity contribution is 0.0657. The monoisotopic (exact) mass is 646 g/mol. The summed E-state index contributed by atoms with van der Waals surface area (Å²) in [6.45, 7) is 9.42. The number of methoxy groups -OCH3 is 1. The smallest absolute Gasteiger partial charge is 0.123 e. The Bertz CT molecular complexity index is 1360. The molecule has 0 aromatic heterocycles. The molecule has 4 aromatic carbocycles. The molecule has 0 aliphatic heterocycles. The molecule has 254 valence electrons. The highest BCUT2D eigenvalue weighted by molar-refractivity contribution is 5.23. The van der Waals surface area contributed by atoms with Gasteiger partial charge in [-0.2, -0.15) is 0 Å². The highest BCUT2D eigenvalue weighted by Crippen LogP contribution is 2.28. The second-order valence-corrected chi connectivity index (χ2v) is 12.8. The van der Waals surface area contributed by atoms with Crippen molar-refractivity contribution < 1.29 is 28.1 Å². The van der Waals surface area contributed by atoms with Crippen molar-refractivity contribution in [2.24, 2.45) is 23.7 Å². The molecular formula is C41H52F2O4. The fraction of sp³-hybridized carbons (Fsp3) is 0.415. The molecule has 0 bridgehead atoms. The van der Waals surface area contributed by atoms with E-state index < -0.39 is 0 Å². The van der Waals surface area contributed by atoms with E-state index >= 15 is 0 Å². The van der Waals surface area contributed by atoms with Gasteiger partial charge in [0.25, 0.3) is 0 Å².